The molecule has 2 heterocycles. The third kappa shape index (κ3) is 4.31. The zero-order valence-corrected chi connectivity index (χ0v) is 17.5. The molecule has 4 amide bonds. The van der Waals surface area contributed by atoms with Gasteiger partial charge in [-0.3, -0.25) is 14.5 Å². The first-order valence-corrected chi connectivity index (χ1v) is 10.6. The van der Waals surface area contributed by atoms with Crippen molar-refractivity contribution in [3.63, 3.8) is 0 Å². The third-order valence-corrected chi connectivity index (χ3v) is 6.32. The van der Waals surface area contributed by atoms with Crippen LogP contribution in [0.15, 0.2) is 54.6 Å². The number of carbonyl (C=O) groups excluding carboxylic acids is 3. The number of imide groups is 1. The fraction of sp³-hybridized carbons (Fsp3) is 0.375. The third-order valence-electron chi connectivity index (χ3n) is 6.32. The Kier molecular flexibility index (Phi) is 5.76. The molecule has 2 aromatic rings. The van der Waals surface area contributed by atoms with Crippen LogP contribution in [0.3, 0.4) is 0 Å². The van der Waals surface area contributed by atoms with E-state index in [1.54, 1.807) is 11.8 Å². The van der Waals surface area contributed by atoms with Gasteiger partial charge in [-0.25, -0.2) is 9.18 Å². The molecule has 1 atom stereocenters. The molecule has 0 saturated carbocycles. The zero-order valence-electron chi connectivity index (χ0n) is 17.5. The van der Waals surface area contributed by atoms with Gasteiger partial charge in [0.1, 0.15) is 17.9 Å². The molecule has 0 aromatic heterocycles. The van der Waals surface area contributed by atoms with Gasteiger partial charge in [0.15, 0.2) is 0 Å². The summed E-state index contributed by atoms with van der Waals surface area (Å²) in [7, 11) is 0. The Morgan fingerprint density at radius 3 is 2.35 bits per heavy atom. The normalized spacial score (nSPS) is 22.0. The highest BCUT2D eigenvalue weighted by Gasteiger charge is 2.49. The van der Waals surface area contributed by atoms with Crippen LogP contribution >= 0.6 is 0 Å². The second kappa shape index (κ2) is 8.49. The van der Waals surface area contributed by atoms with Gasteiger partial charge in [0.2, 0.25) is 5.91 Å². The monoisotopic (exact) mass is 423 g/mol. The SMILES string of the molecule is C[C@]1(c2ccc(F)cc2)NC(=O)N(CC(=O)N2CCC(Cc3ccccc3)CC2)C1=O. The Morgan fingerprint density at radius 1 is 1.06 bits per heavy atom. The summed E-state index contributed by atoms with van der Waals surface area (Å²) >= 11 is 0. The molecular weight excluding hydrogens is 397 g/mol. The maximum Gasteiger partial charge on any atom is 0.325 e. The van der Waals surface area contributed by atoms with Gasteiger partial charge in [-0.05, 0) is 55.4 Å². The number of amides is 4. The maximum absolute atomic E-state index is 13.2. The lowest BCUT2D eigenvalue weighted by Crippen LogP contribution is -2.46. The first-order valence-electron chi connectivity index (χ1n) is 10.6. The van der Waals surface area contributed by atoms with E-state index in [0.717, 1.165) is 24.2 Å². The number of hydrogen-bond acceptors (Lipinski definition) is 3. The largest absolute Gasteiger partial charge is 0.341 e. The van der Waals surface area contributed by atoms with Crippen LogP contribution in [0.25, 0.3) is 0 Å². The smallest absolute Gasteiger partial charge is 0.325 e. The van der Waals surface area contributed by atoms with E-state index >= 15 is 0 Å². The summed E-state index contributed by atoms with van der Waals surface area (Å²) in [6.45, 7) is 2.52. The number of piperidine rings is 1. The molecule has 162 valence electrons. The van der Waals surface area contributed by atoms with Crippen molar-refractivity contribution < 1.29 is 18.8 Å². The standard InChI is InChI=1S/C24H26FN3O3/c1-24(19-7-9-20(25)10-8-19)22(30)28(23(31)26-24)16-21(29)27-13-11-18(12-14-27)15-17-5-3-2-4-6-17/h2-10,18H,11-16H2,1H3,(H,26,31)/t24-/m1/s1. The van der Waals surface area contributed by atoms with Crippen LogP contribution in [-0.2, 0) is 21.5 Å². The van der Waals surface area contributed by atoms with E-state index in [4.69, 9.17) is 0 Å². The Hall–Kier alpha value is -3.22. The fourth-order valence-electron chi connectivity index (χ4n) is 4.39. The number of rotatable bonds is 5. The summed E-state index contributed by atoms with van der Waals surface area (Å²) in [6.07, 6.45) is 2.79. The Balaban J connectivity index is 1.35. The molecule has 2 fully saturated rings. The van der Waals surface area contributed by atoms with Crippen LogP contribution in [0.5, 0.6) is 0 Å². The van der Waals surface area contributed by atoms with Crippen molar-refractivity contribution in [1.29, 1.82) is 0 Å². The van der Waals surface area contributed by atoms with Crippen molar-refractivity contribution in [3.05, 3.63) is 71.5 Å². The van der Waals surface area contributed by atoms with E-state index in [-0.39, 0.29) is 12.5 Å². The van der Waals surface area contributed by atoms with Crippen molar-refractivity contribution in [2.45, 2.75) is 31.7 Å². The maximum atomic E-state index is 13.2. The number of halogens is 1. The summed E-state index contributed by atoms with van der Waals surface area (Å²) in [5.74, 6) is -0.641. The number of carbonyl (C=O) groups is 3. The van der Waals surface area contributed by atoms with Crippen molar-refractivity contribution in [2.75, 3.05) is 19.6 Å². The predicted molar refractivity (Wildman–Crippen MR) is 113 cm³/mol. The Bertz CT molecular complexity index is 971. The molecule has 2 aromatic carbocycles. The van der Waals surface area contributed by atoms with Crippen LogP contribution in [0.2, 0.25) is 0 Å². The van der Waals surface area contributed by atoms with Crippen LogP contribution in [0.4, 0.5) is 9.18 Å². The molecule has 0 spiro atoms. The summed E-state index contributed by atoms with van der Waals surface area (Å²) < 4.78 is 13.2. The summed E-state index contributed by atoms with van der Waals surface area (Å²) in [5.41, 5.74) is 0.462. The van der Waals surface area contributed by atoms with E-state index in [1.165, 1.54) is 29.8 Å². The first-order chi connectivity index (χ1) is 14.9. The highest BCUT2D eigenvalue weighted by Crippen LogP contribution is 2.29. The minimum absolute atomic E-state index is 0.231. The minimum Gasteiger partial charge on any atom is -0.341 e. The molecule has 0 unspecified atom stereocenters. The highest BCUT2D eigenvalue weighted by molar-refractivity contribution is 6.09. The van der Waals surface area contributed by atoms with Crippen molar-refractivity contribution in [1.82, 2.24) is 15.1 Å². The second-order valence-corrected chi connectivity index (χ2v) is 8.47. The molecule has 2 saturated heterocycles. The van der Waals surface area contributed by atoms with Crippen molar-refractivity contribution >= 4 is 17.8 Å². The highest BCUT2D eigenvalue weighted by atomic mass is 19.1. The molecule has 0 radical (unpaired) electrons. The first kappa shape index (κ1) is 21.0. The lowest BCUT2D eigenvalue weighted by atomic mass is 9.90. The topological polar surface area (TPSA) is 69.7 Å². The number of likely N-dealkylation sites (tertiary alicyclic amines) is 1. The van der Waals surface area contributed by atoms with Gasteiger partial charge in [0.25, 0.3) is 5.91 Å². The number of nitrogens with one attached hydrogen (secondary N) is 1. The molecule has 0 bridgehead atoms. The summed E-state index contributed by atoms with van der Waals surface area (Å²) in [5, 5.41) is 2.65. The molecule has 31 heavy (non-hydrogen) atoms. The second-order valence-electron chi connectivity index (χ2n) is 8.47. The number of benzene rings is 2. The van der Waals surface area contributed by atoms with E-state index in [9.17, 15) is 18.8 Å². The van der Waals surface area contributed by atoms with Gasteiger partial charge >= 0.3 is 6.03 Å². The lowest BCUT2D eigenvalue weighted by Gasteiger charge is -2.33. The number of urea groups is 1. The molecule has 0 aliphatic carbocycles. The minimum atomic E-state index is -1.31. The Labute approximate surface area is 181 Å². The molecule has 4 rings (SSSR count). The van der Waals surface area contributed by atoms with Gasteiger partial charge in [-0.1, -0.05) is 42.5 Å². The van der Waals surface area contributed by atoms with Gasteiger partial charge in [-0.15, -0.1) is 0 Å². The molecule has 2 aliphatic rings. The van der Waals surface area contributed by atoms with Gasteiger partial charge < -0.3 is 10.2 Å². The van der Waals surface area contributed by atoms with Crippen LogP contribution in [0, 0.1) is 11.7 Å². The quantitative estimate of drug-likeness (QED) is 0.752. The van der Waals surface area contributed by atoms with E-state index < -0.39 is 23.3 Å². The number of nitrogens with zero attached hydrogens (tertiary/aromatic N) is 2. The van der Waals surface area contributed by atoms with Gasteiger partial charge in [0, 0.05) is 13.1 Å². The summed E-state index contributed by atoms with van der Waals surface area (Å²) in [4.78, 5) is 40.9. The molecular formula is C24H26FN3O3. The zero-order chi connectivity index (χ0) is 22.0. The molecule has 2 aliphatic heterocycles. The average Bonchev–Trinajstić information content (AvgIpc) is 2.99. The van der Waals surface area contributed by atoms with Crippen LogP contribution in [0.1, 0.15) is 30.9 Å². The number of hydrogen-bond donors (Lipinski definition) is 1. The predicted octanol–water partition coefficient (Wildman–Crippen LogP) is 3.07. The van der Waals surface area contributed by atoms with Gasteiger partial charge in [-0.2, -0.15) is 0 Å². The van der Waals surface area contributed by atoms with Crippen LogP contribution in [-0.4, -0.2) is 47.3 Å². The van der Waals surface area contributed by atoms with E-state index in [1.807, 2.05) is 18.2 Å². The summed E-state index contributed by atoms with van der Waals surface area (Å²) in [6, 6.07) is 15.1. The lowest BCUT2D eigenvalue weighted by molar-refractivity contribution is -0.139. The fourth-order valence-corrected chi connectivity index (χ4v) is 4.39. The Morgan fingerprint density at radius 2 is 1.71 bits per heavy atom. The molecule has 1 N–H and O–H groups in total. The van der Waals surface area contributed by atoms with Crippen molar-refractivity contribution in [3.8, 4) is 0 Å². The van der Waals surface area contributed by atoms with Crippen molar-refractivity contribution in [2.24, 2.45) is 5.92 Å². The average molecular weight is 423 g/mol. The van der Waals surface area contributed by atoms with E-state index in [2.05, 4.69) is 17.4 Å². The molecule has 6 nitrogen and oxygen atoms in total. The molecule has 7 heteroatoms. The van der Waals surface area contributed by atoms with E-state index in [0.29, 0.717) is 24.6 Å². The van der Waals surface area contributed by atoms with Gasteiger partial charge in [0.05, 0.1) is 0 Å². The van der Waals surface area contributed by atoms with Crippen LogP contribution < -0.4 is 5.32 Å².